The van der Waals surface area contributed by atoms with E-state index in [0.717, 1.165) is 11.1 Å². The van der Waals surface area contributed by atoms with Crippen LogP contribution in [-0.2, 0) is 20.7 Å². The van der Waals surface area contributed by atoms with Crippen molar-refractivity contribution < 1.29 is 14.3 Å². The van der Waals surface area contributed by atoms with Crippen LogP contribution in [0.4, 0.5) is 5.69 Å². The fraction of sp³-hybridized carbons (Fsp3) is 0.176. The number of benzene rings is 2. The molecule has 0 spiro atoms. The molecule has 23 heavy (non-hydrogen) atoms. The first kappa shape index (κ1) is 17.3. The van der Waals surface area contributed by atoms with Gasteiger partial charge in [0.15, 0.2) is 6.61 Å². The molecule has 0 saturated heterocycles. The van der Waals surface area contributed by atoms with Gasteiger partial charge in [0.05, 0.1) is 6.42 Å². The summed E-state index contributed by atoms with van der Waals surface area (Å²) in [4.78, 5) is 23.5. The number of carbonyl (C=O) groups excluding carboxylic acids is 2. The highest BCUT2D eigenvalue weighted by Crippen LogP contribution is 2.22. The maximum Gasteiger partial charge on any atom is 0.310 e. The van der Waals surface area contributed by atoms with Crippen LogP contribution in [0.1, 0.15) is 11.1 Å². The molecule has 0 bridgehead atoms. The van der Waals surface area contributed by atoms with Crippen molar-refractivity contribution in [1.29, 1.82) is 0 Å². The first-order valence-corrected chi connectivity index (χ1v) is 7.66. The topological polar surface area (TPSA) is 55.4 Å². The molecular formula is C17H15Cl2NO3. The van der Waals surface area contributed by atoms with Crippen LogP contribution in [-0.4, -0.2) is 18.5 Å². The summed E-state index contributed by atoms with van der Waals surface area (Å²) in [7, 11) is 0. The molecule has 2 aromatic carbocycles. The Hall–Kier alpha value is -2.04. The number of anilines is 1. The van der Waals surface area contributed by atoms with Crippen LogP contribution >= 0.6 is 23.2 Å². The minimum absolute atomic E-state index is 0.0840. The Bertz CT molecular complexity index is 714. The highest BCUT2D eigenvalue weighted by molar-refractivity contribution is 6.31. The van der Waals surface area contributed by atoms with E-state index in [1.807, 2.05) is 0 Å². The number of hydrogen-bond acceptors (Lipinski definition) is 3. The van der Waals surface area contributed by atoms with Gasteiger partial charge in [0.1, 0.15) is 0 Å². The van der Waals surface area contributed by atoms with Crippen molar-refractivity contribution in [1.82, 2.24) is 0 Å². The van der Waals surface area contributed by atoms with Gasteiger partial charge in [0, 0.05) is 15.7 Å². The van der Waals surface area contributed by atoms with Gasteiger partial charge in [0.2, 0.25) is 0 Å². The van der Waals surface area contributed by atoms with Gasteiger partial charge in [-0.3, -0.25) is 9.59 Å². The predicted octanol–water partition coefficient (Wildman–Crippen LogP) is 4.03. The molecule has 0 aliphatic rings. The number of nitrogens with one attached hydrogen (secondary N) is 1. The lowest BCUT2D eigenvalue weighted by Gasteiger charge is -2.10. The maximum atomic E-state index is 11.8. The number of esters is 1. The number of ether oxygens (including phenoxy) is 1. The Balaban J connectivity index is 1.83. The molecule has 0 heterocycles. The molecule has 0 atom stereocenters. The summed E-state index contributed by atoms with van der Waals surface area (Å²) in [6, 6.07) is 12.1. The monoisotopic (exact) mass is 351 g/mol. The molecule has 2 aromatic rings. The molecule has 0 unspecified atom stereocenters. The number of halogens is 2. The zero-order valence-electron chi connectivity index (χ0n) is 12.4. The lowest BCUT2D eigenvalue weighted by Crippen LogP contribution is -2.22. The molecule has 1 amide bonds. The molecule has 0 aliphatic carbocycles. The van der Waals surface area contributed by atoms with Crippen LogP contribution in [0.15, 0.2) is 42.5 Å². The number of amides is 1. The summed E-state index contributed by atoms with van der Waals surface area (Å²) in [5, 5.41) is 3.81. The van der Waals surface area contributed by atoms with E-state index < -0.39 is 11.9 Å². The second-order valence-corrected chi connectivity index (χ2v) is 5.77. The molecule has 0 saturated carbocycles. The summed E-state index contributed by atoms with van der Waals surface area (Å²) in [6.07, 6.45) is 0.0840. The minimum Gasteiger partial charge on any atom is -0.455 e. The summed E-state index contributed by atoms with van der Waals surface area (Å²) in [5.41, 5.74) is 2.12. The van der Waals surface area contributed by atoms with Crippen molar-refractivity contribution in [2.24, 2.45) is 0 Å². The van der Waals surface area contributed by atoms with Gasteiger partial charge in [0.25, 0.3) is 5.91 Å². The Morgan fingerprint density at radius 2 is 1.78 bits per heavy atom. The third kappa shape index (κ3) is 5.27. The Morgan fingerprint density at radius 1 is 1.09 bits per heavy atom. The van der Waals surface area contributed by atoms with E-state index in [0.29, 0.717) is 15.7 Å². The van der Waals surface area contributed by atoms with Crippen LogP contribution in [0.5, 0.6) is 0 Å². The van der Waals surface area contributed by atoms with Crippen molar-refractivity contribution in [3.63, 3.8) is 0 Å². The number of rotatable bonds is 5. The second-order valence-electron chi connectivity index (χ2n) is 4.92. The predicted molar refractivity (Wildman–Crippen MR) is 90.9 cm³/mol. The first-order chi connectivity index (χ1) is 11.0. The molecule has 1 N–H and O–H groups in total. The average molecular weight is 352 g/mol. The van der Waals surface area contributed by atoms with Gasteiger partial charge in [-0.1, -0.05) is 41.4 Å². The average Bonchev–Trinajstić information content (AvgIpc) is 2.52. The van der Waals surface area contributed by atoms with E-state index in [1.165, 1.54) is 0 Å². The highest BCUT2D eigenvalue weighted by atomic mass is 35.5. The Kier molecular flexibility index (Phi) is 6.02. The SMILES string of the molecule is Cc1c(Cl)cccc1NC(=O)COC(=O)Cc1ccc(Cl)cc1. The molecule has 0 aromatic heterocycles. The van der Waals surface area contributed by atoms with Crippen molar-refractivity contribution >= 4 is 40.8 Å². The normalized spacial score (nSPS) is 10.2. The Labute approximate surface area is 144 Å². The largest absolute Gasteiger partial charge is 0.455 e. The second kappa shape index (κ2) is 7.99. The molecule has 4 nitrogen and oxygen atoms in total. The minimum atomic E-state index is -0.481. The third-order valence-electron chi connectivity index (χ3n) is 3.17. The standard InChI is InChI=1S/C17H15Cl2NO3/c1-11-14(19)3-2-4-15(11)20-16(21)10-23-17(22)9-12-5-7-13(18)8-6-12/h2-8H,9-10H2,1H3,(H,20,21). The maximum absolute atomic E-state index is 11.8. The van der Waals surface area contributed by atoms with E-state index in [1.54, 1.807) is 49.4 Å². The van der Waals surface area contributed by atoms with Gasteiger partial charge >= 0.3 is 5.97 Å². The van der Waals surface area contributed by atoms with Crippen LogP contribution < -0.4 is 5.32 Å². The van der Waals surface area contributed by atoms with Crippen LogP contribution in [0, 0.1) is 6.92 Å². The summed E-state index contributed by atoms with van der Waals surface area (Å²) >= 11 is 11.8. The number of hydrogen-bond donors (Lipinski definition) is 1. The zero-order chi connectivity index (χ0) is 16.8. The van der Waals surface area contributed by atoms with Crippen molar-refractivity contribution in [2.75, 3.05) is 11.9 Å². The summed E-state index contributed by atoms with van der Waals surface area (Å²) in [6.45, 7) is 1.45. The van der Waals surface area contributed by atoms with Gasteiger partial charge in [-0.15, -0.1) is 0 Å². The van der Waals surface area contributed by atoms with E-state index in [2.05, 4.69) is 5.32 Å². The highest BCUT2D eigenvalue weighted by Gasteiger charge is 2.10. The molecular weight excluding hydrogens is 337 g/mol. The number of carbonyl (C=O) groups is 2. The molecule has 0 fully saturated rings. The van der Waals surface area contributed by atoms with E-state index in [-0.39, 0.29) is 13.0 Å². The quantitative estimate of drug-likeness (QED) is 0.827. The fourth-order valence-corrected chi connectivity index (χ4v) is 2.20. The van der Waals surface area contributed by atoms with Crippen molar-refractivity contribution in [3.05, 3.63) is 63.6 Å². The lowest BCUT2D eigenvalue weighted by molar-refractivity contribution is -0.146. The Morgan fingerprint density at radius 3 is 2.48 bits per heavy atom. The molecule has 120 valence electrons. The van der Waals surface area contributed by atoms with Crippen molar-refractivity contribution in [2.45, 2.75) is 13.3 Å². The third-order valence-corrected chi connectivity index (χ3v) is 3.83. The summed E-state index contributed by atoms with van der Waals surface area (Å²) in [5.74, 6) is -0.898. The molecule has 6 heteroatoms. The van der Waals surface area contributed by atoms with E-state index in [4.69, 9.17) is 27.9 Å². The van der Waals surface area contributed by atoms with E-state index in [9.17, 15) is 9.59 Å². The molecule has 0 aliphatic heterocycles. The van der Waals surface area contributed by atoms with E-state index >= 15 is 0 Å². The first-order valence-electron chi connectivity index (χ1n) is 6.91. The van der Waals surface area contributed by atoms with Crippen molar-refractivity contribution in [3.8, 4) is 0 Å². The van der Waals surface area contributed by atoms with Gasteiger partial charge in [-0.05, 0) is 42.3 Å². The lowest BCUT2D eigenvalue weighted by atomic mass is 10.1. The smallest absolute Gasteiger partial charge is 0.310 e. The van der Waals surface area contributed by atoms with Gasteiger partial charge in [-0.2, -0.15) is 0 Å². The van der Waals surface area contributed by atoms with Gasteiger partial charge in [-0.25, -0.2) is 0 Å². The van der Waals surface area contributed by atoms with Gasteiger partial charge < -0.3 is 10.1 Å². The van der Waals surface area contributed by atoms with Crippen LogP contribution in [0.3, 0.4) is 0 Å². The fourth-order valence-electron chi connectivity index (χ4n) is 1.90. The van der Waals surface area contributed by atoms with Crippen LogP contribution in [0.25, 0.3) is 0 Å². The molecule has 0 radical (unpaired) electrons. The zero-order valence-corrected chi connectivity index (χ0v) is 13.9. The molecule has 2 rings (SSSR count). The van der Waals surface area contributed by atoms with Crippen LogP contribution in [0.2, 0.25) is 10.0 Å². The summed E-state index contributed by atoms with van der Waals surface area (Å²) < 4.78 is 4.96.